The molecule has 2 aliphatic heterocycles. The first-order valence-electron chi connectivity index (χ1n) is 8.62. The van der Waals surface area contributed by atoms with Crippen LogP contribution >= 0.6 is 0 Å². The molecule has 3 atom stereocenters. The number of fused-ring (bicyclic) bond motifs is 2. The molecule has 0 aromatic carbocycles. The molecule has 2 bridgehead atoms. The Balaban J connectivity index is 1.56. The van der Waals surface area contributed by atoms with Gasteiger partial charge in [-0.15, -0.1) is 0 Å². The normalized spacial score (nSPS) is 39.8. The molecule has 5 heteroatoms. The first kappa shape index (κ1) is 15.8. The fraction of sp³-hybridized carbons (Fsp3) is 1.00. The van der Waals surface area contributed by atoms with E-state index in [9.17, 15) is 8.42 Å². The monoisotopic (exact) mass is 314 g/mol. The summed E-state index contributed by atoms with van der Waals surface area (Å²) in [5.41, 5.74) is 0. The Morgan fingerprint density at radius 1 is 1.14 bits per heavy atom. The summed E-state index contributed by atoms with van der Waals surface area (Å²) < 4.78 is 23.1. The topological polar surface area (TPSA) is 49.4 Å². The van der Waals surface area contributed by atoms with Gasteiger partial charge in [0.2, 0.25) is 0 Å². The Hall–Kier alpha value is -0.130. The largest absolute Gasteiger partial charge is 0.313 e. The SMILES string of the molecule is CC(C)N1CC2CCCC(C1)C2NCC1CCS(=O)(=O)C1. The van der Waals surface area contributed by atoms with Gasteiger partial charge in [-0.05, 0) is 57.4 Å². The zero-order valence-corrected chi connectivity index (χ0v) is 14.2. The number of nitrogens with zero attached hydrogens (tertiary/aromatic N) is 1. The van der Waals surface area contributed by atoms with Crippen molar-refractivity contribution in [3.8, 4) is 0 Å². The molecule has 21 heavy (non-hydrogen) atoms. The van der Waals surface area contributed by atoms with Crippen LogP contribution in [0.1, 0.15) is 39.5 Å². The lowest BCUT2D eigenvalue weighted by molar-refractivity contribution is 0.0285. The van der Waals surface area contributed by atoms with Gasteiger partial charge in [-0.2, -0.15) is 0 Å². The van der Waals surface area contributed by atoms with E-state index in [1.54, 1.807) is 0 Å². The van der Waals surface area contributed by atoms with Crippen molar-refractivity contribution < 1.29 is 8.42 Å². The van der Waals surface area contributed by atoms with Crippen LogP contribution in [0.25, 0.3) is 0 Å². The number of rotatable bonds is 4. The molecule has 1 N–H and O–H groups in total. The Bertz CT molecular complexity index is 449. The van der Waals surface area contributed by atoms with Gasteiger partial charge in [0, 0.05) is 25.2 Å². The highest BCUT2D eigenvalue weighted by Crippen LogP contribution is 2.36. The van der Waals surface area contributed by atoms with Crippen molar-refractivity contribution in [2.24, 2.45) is 17.8 Å². The average Bonchev–Trinajstić information content (AvgIpc) is 2.74. The van der Waals surface area contributed by atoms with Crippen molar-refractivity contribution in [3.05, 3.63) is 0 Å². The summed E-state index contributed by atoms with van der Waals surface area (Å²) >= 11 is 0. The minimum atomic E-state index is -2.74. The van der Waals surface area contributed by atoms with E-state index in [-0.39, 0.29) is 0 Å². The van der Waals surface area contributed by atoms with Gasteiger partial charge in [0.25, 0.3) is 0 Å². The van der Waals surface area contributed by atoms with Gasteiger partial charge in [0.05, 0.1) is 11.5 Å². The van der Waals surface area contributed by atoms with Crippen molar-refractivity contribution in [3.63, 3.8) is 0 Å². The first-order chi connectivity index (χ1) is 9.94. The molecule has 0 amide bonds. The number of sulfone groups is 1. The lowest BCUT2D eigenvalue weighted by Crippen LogP contribution is -2.58. The number of nitrogens with one attached hydrogen (secondary N) is 1. The standard InChI is InChI=1S/C16H30N2O2S/c1-12(2)18-9-14-4-3-5-15(10-18)16(14)17-8-13-6-7-21(19,20)11-13/h12-17H,3-11H2,1-2H3. The lowest BCUT2D eigenvalue weighted by atomic mass is 9.73. The average molecular weight is 314 g/mol. The number of piperidine rings is 1. The summed E-state index contributed by atoms with van der Waals surface area (Å²) in [7, 11) is -2.74. The molecule has 3 fully saturated rings. The van der Waals surface area contributed by atoms with Crippen LogP contribution in [0.15, 0.2) is 0 Å². The van der Waals surface area contributed by atoms with E-state index in [0.29, 0.717) is 29.5 Å². The molecular weight excluding hydrogens is 284 g/mol. The van der Waals surface area contributed by atoms with Crippen LogP contribution in [-0.4, -0.2) is 56.5 Å². The van der Waals surface area contributed by atoms with Gasteiger partial charge in [0.15, 0.2) is 9.84 Å². The summed E-state index contributed by atoms with van der Waals surface area (Å²) in [6.07, 6.45) is 4.90. The Labute approximate surface area is 129 Å². The molecule has 4 nitrogen and oxygen atoms in total. The van der Waals surface area contributed by atoms with Gasteiger partial charge < -0.3 is 10.2 Å². The number of hydrogen-bond donors (Lipinski definition) is 1. The van der Waals surface area contributed by atoms with E-state index in [4.69, 9.17) is 0 Å². The van der Waals surface area contributed by atoms with Crippen LogP contribution in [0.3, 0.4) is 0 Å². The van der Waals surface area contributed by atoms with E-state index in [1.807, 2.05) is 0 Å². The summed E-state index contributed by atoms with van der Waals surface area (Å²) in [5, 5.41) is 3.77. The fourth-order valence-electron chi connectivity index (χ4n) is 4.56. The molecule has 2 heterocycles. The molecule has 0 spiro atoms. The molecule has 3 aliphatic rings. The minimum absolute atomic E-state index is 0.346. The zero-order chi connectivity index (χ0) is 15.0. The van der Waals surface area contributed by atoms with Crippen LogP contribution in [0.2, 0.25) is 0 Å². The smallest absolute Gasteiger partial charge is 0.150 e. The van der Waals surface area contributed by atoms with Gasteiger partial charge in [-0.1, -0.05) is 6.42 Å². The predicted molar refractivity (Wildman–Crippen MR) is 86.1 cm³/mol. The van der Waals surface area contributed by atoms with E-state index >= 15 is 0 Å². The molecule has 122 valence electrons. The molecule has 1 saturated carbocycles. The maximum absolute atomic E-state index is 11.6. The van der Waals surface area contributed by atoms with Crippen LogP contribution < -0.4 is 5.32 Å². The van der Waals surface area contributed by atoms with Crippen molar-refractivity contribution in [1.82, 2.24) is 10.2 Å². The molecular formula is C16H30N2O2S. The number of hydrogen-bond acceptors (Lipinski definition) is 4. The molecule has 1 aliphatic carbocycles. The molecule has 3 rings (SSSR count). The van der Waals surface area contributed by atoms with E-state index in [0.717, 1.165) is 24.8 Å². The molecule has 2 saturated heterocycles. The van der Waals surface area contributed by atoms with E-state index < -0.39 is 9.84 Å². The van der Waals surface area contributed by atoms with Crippen LogP contribution in [0.5, 0.6) is 0 Å². The third-order valence-corrected chi connectivity index (χ3v) is 7.64. The minimum Gasteiger partial charge on any atom is -0.313 e. The van der Waals surface area contributed by atoms with Gasteiger partial charge in [-0.3, -0.25) is 0 Å². The Morgan fingerprint density at radius 3 is 2.33 bits per heavy atom. The van der Waals surface area contributed by atoms with Gasteiger partial charge in [-0.25, -0.2) is 8.42 Å². The maximum atomic E-state index is 11.6. The second kappa shape index (κ2) is 6.17. The first-order valence-corrected chi connectivity index (χ1v) is 10.4. The molecule has 0 aromatic rings. The van der Waals surface area contributed by atoms with Gasteiger partial charge in [0.1, 0.15) is 0 Å². The molecule has 0 radical (unpaired) electrons. The van der Waals surface area contributed by atoms with Crippen molar-refractivity contribution in [1.29, 1.82) is 0 Å². The summed E-state index contributed by atoms with van der Waals surface area (Å²) in [6.45, 7) is 7.93. The van der Waals surface area contributed by atoms with Gasteiger partial charge >= 0.3 is 0 Å². The predicted octanol–water partition coefficient (Wildman–Crippen LogP) is 1.52. The van der Waals surface area contributed by atoms with Crippen LogP contribution in [0, 0.1) is 17.8 Å². The van der Waals surface area contributed by atoms with E-state index in [1.165, 1.54) is 32.4 Å². The molecule has 0 aromatic heterocycles. The highest BCUT2D eigenvalue weighted by Gasteiger charge is 2.40. The Morgan fingerprint density at radius 2 is 1.81 bits per heavy atom. The Kier molecular flexibility index (Phi) is 4.63. The number of likely N-dealkylation sites (tertiary alicyclic amines) is 1. The second-order valence-electron chi connectivity index (χ2n) is 7.70. The van der Waals surface area contributed by atoms with E-state index in [2.05, 4.69) is 24.1 Å². The summed E-state index contributed by atoms with van der Waals surface area (Å²) in [4.78, 5) is 2.63. The van der Waals surface area contributed by atoms with Crippen molar-refractivity contribution in [2.45, 2.75) is 51.6 Å². The van der Waals surface area contributed by atoms with Crippen LogP contribution in [-0.2, 0) is 9.84 Å². The fourth-order valence-corrected chi connectivity index (χ4v) is 6.43. The third kappa shape index (κ3) is 3.62. The third-order valence-electron chi connectivity index (χ3n) is 5.80. The highest BCUT2D eigenvalue weighted by atomic mass is 32.2. The summed E-state index contributed by atoms with van der Waals surface area (Å²) in [5.74, 6) is 2.67. The highest BCUT2D eigenvalue weighted by molar-refractivity contribution is 7.91. The molecule has 3 unspecified atom stereocenters. The quantitative estimate of drug-likeness (QED) is 0.855. The van der Waals surface area contributed by atoms with Crippen molar-refractivity contribution in [2.75, 3.05) is 31.1 Å². The second-order valence-corrected chi connectivity index (χ2v) is 9.93. The van der Waals surface area contributed by atoms with Crippen molar-refractivity contribution >= 4 is 9.84 Å². The zero-order valence-electron chi connectivity index (χ0n) is 13.4. The maximum Gasteiger partial charge on any atom is 0.150 e. The lowest BCUT2D eigenvalue weighted by Gasteiger charge is -2.49. The summed E-state index contributed by atoms with van der Waals surface area (Å²) in [6, 6.07) is 1.27. The van der Waals surface area contributed by atoms with Crippen LogP contribution in [0.4, 0.5) is 0 Å².